The van der Waals surface area contributed by atoms with E-state index < -0.39 is 0 Å². The third kappa shape index (κ3) is 4.18. The molecule has 0 unspecified atom stereocenters. The predicted octanol–water partition coefficient (Wildman–Crippen LogP) is 3.65. The molecule has 3 rings (SSSR count). The van der Waals surface area contributed by atoms with Crippen LogP contribution in [-0.2, 0) is 0 Å². The van der Waals surface area contributed by atoms with Crippen molar-refractivity contribution in [3.05, 3.63) is 77.5 Å². The summed E-state index contributed by atoms with van der Waals surface area (Å²) in [6.45, 7) is 2.02. The van der Waals surface area contributed by atoms with Gasteiger partial charge in [-0.25, -0.2) is 0 Å². The smallest absolute Gasteiger partial charge is 0.276 e. The maximum absolute atomic E-state index is 12.2. The average Bonchev–Trinajstić information content (AvgIpc) is 2.64. The molecule has 3 aromatic rings. The monoisotopic (exact) mass is 329 g/mol. The number of aromatic nitrogens is 2. The Labute approximate surface area is 145 Å². The van der Waals surface area contributed by atoms with Crippen LogP contribution < -0.4 is 10.6 Å². The first-order valence-corrected chi connectivity index (χ1v) is 7.63. The molecule has 1 heterocycles. The largest absolute Gasteiger partial charge is 0.339 e. The summed E-state index contributed by atoms with van der Waals surface area (Å²) < 4.78 is 0. The lowest BCUT2D eigenvalue weighted by molar-refractivity contribution is 0.102. The number of rotatable bonds is 4. The van der Waals surface area contributed by atoms with E-state index in [-0.39, 0.29) is 11.6 Å². The fourth-order valence-corrected chi connectivity index (χ4v) is 2.17. The molecule has 25 heavy (non-hydrogen) atoms. The second-order valence-electron chi connectivity index (χ2n) is 5.44. The van der Waals surface area contributed by atoms with Gasteiger partial charge in [-0.2, -0.15) is 5.26 Å². The van der Waals surface area contributed by atoms with Crippen LogP contribution in [0.5, 0.6) is 0 Å². The van der Waals surface area contributed by atoms with Gasteiger partial charge in [0.05, 0.1) is 11.6 Å². The van der Waals surface area contributed by atoms with Crippen molar-refractivity contribution in [2.24, 2.45) is 0 Å². The van der Waals surface area contributed by atoms with E-state index in [1.807, 2.05) is 37.3 Å². The lowest BCUT2D eigenvalue weighted by Gasteiger charge is -2.07. The van der Waals surface area contributed by atoms with Crippen molar-refractivity contribution >= 4 is 23.1 Å². The summed E-state index contributed by atoms with van der Waals surface area (Å²) in [6.07, 6.45) is 0. The fraction of sp³-hybridized carbons (Fsp3) is 0.0526. The Morgan fingerprint density at radius 1 is 1.00 bits per heavy atom. The number of hydrogen-bond acceptors (Lipinski definition) is 5. The number of nitrogens with zero attached hydrogens (tertiary/aromatic N) is 3. The Morgan fingerprint density at radius 3 is 2.48 bits per heavy atom. The quantitative estimate of drug-likeness (QED) is 0.762. The molecular formula is C19H15N5O. The van der Waals surface area contributed by atoms with Crippen molar-refractivity contribution in [3.8, 4) is 6.07 Å². The van der Waals surface area contributed by atoms with Gasteiger partial charge in [0.25, 0.3) is 5.91 Å². The van der Waals surface area contributed by atoms with Crippen molar-refractivity contribution in [1.82, 2.24) is 10.2 Å². The Kier molecular flexibility index (Phi) is 4.67. The van der Waals surface area contributed by atoms with Gasteiger partial charge >= 0.3 is 0 Å². The molecule has 0 spiro atoms. The lowest BCUT2D eigenvalue weighted by atomic mass is 10.2. The van der Waals surface area contributed by atoms with Crippen molar-refractivity contribution in [2.45, 2.75) is 6.92 Å². The third-order valence-corrected chi connectivity index (χ3v) is 3.47. The number of nitriles is 1. The highest BCUT2D eigenvalue weighted by atomic mass is 16.1. The molecule has 6 heteroatoms. The van der Waals surface area contributed by atoms with Crippen molar-refractivity contribution < 1.29 is 4.79 Å². The Bertz CT molecular complexity index is 927. The molecule has 2 aromatic carbocycles. The molecule has 6 nitrogen and oxygen atoms in total. The zero-order chi connectivity index (χ0) is 17.6. The third-order valence-electron chi connectivity index (χ3n) is 3.47. The predicted molar refractivity (Wildman–Crippen MR) is 95.6 cm³/mol. The Hall–Kier alpha value is -3.72. The van der Waals surface area contributed by atoms with Gasteiger partial charge in [-0.1, -0.05) is 23.8 Å². The molecule has 122 valence electrons. The molecule has 0 aliphatic rings. The van der Waals surface area contributed by atoms with E-state index in [2.05, 4.69) is 20.8 Å². The van der Waals surface area contributed by atoms with Gasteiger partial charge in [-0.05, 0) is 49.4 Å². The summed E-state index contributed by atoms with van der Waals surface area (Å²) in [5, 5.41) is 22.7. The average molecular weight is 329 g/mol. The van der Waals surface area contributed by atoms with Gasteiger partial charge in [0.1, 0.15) is 0 Å². The van der Waals surface area contributed by atoms with E-state index in [1.165, 1.54) is 5.56 Å². The molecule has 1 amide bonds. The molecule has 0 saturated carbocycles. The minimum atomic E-state index is -0.385. The van der Waals surface area contributed by atoms with Gasteiger partial charge in [-0.3, -0.25) is 4.79 Å². The molecule has 0 bridgehead atoms. The number of anilines is 3. The molecule has 0 aliphatic heterocycles. The van der Waals surface area contributed by atoms with Crippen LogP contribution >= 0.6 is 0 Å². The number of nitrogens with one attached hydrogen (secondary N) is 2. The van der Waals surface area contributed by atoms with Crippen LogP contribution in [0.1, 0.15) is 21.6 Å². The van der Waals surface area contributed by atoms with Crippen LogP contribution in [0.4, 0.5) is 17.2 Å². The summed E-state index contributed by atoms with van der Waals surface area (Å²) in [5.74, 6) is 0.163. The Morgan fingerprint density at radius 2 is 1.80 bits per heavy atom. The van der Waals surface area contributed by atoms with Crippen molar-refractivity contribution in [2.75, 3.05) is 10.6 Å². The standard InChI is InChI=1S/C19H15N5O/c1-13-5-7-15(8-6-13)21-18-10-9-17(23-24-18)19(25)22-16-4-2-3-14(11-16)12-20/h2-11H,1H3,(H,21,24)(H,22,25). The van der Waals surface area contributed by atoms with E-state index in [0.717, 1.165) is 5.69 Å². The second kappa shape index (κ2) is 7.23. The van der Waals surface area contributed by atoms with Gasteiger partial charge < -0.3 is 10.6 Å². The van der Waals surface area contributed by atoms with Crippen LogP contribution in [0.2, 0.25) is 0 Å². The van der Waals surface area contributed by atoms with Gasteiger partial charge in [0, 0.05) is 11.4 Å². The zero-order valence-electron chi connectivity index (χ0n) is 13.5. The summed E-state index contributed by atoms with van der Waals surface area (Å²) in [6, 6.07) is 19.9. The first-order valence-electron chi connectivity index (χ1n) is 7.63. The number of hydrogen-bond donors (Lipinski definition) is 2. The number of benzene rings is 2. The van der Waals surface area contributed by atoms with Crippen LogP contribution in [0, 0.1) is 18.3 Å². The molecule has 0 radical (unpaired) electrons. The minimum Gasteiger partial charge on any atom is -0.339 e. The van der Waals surface area contributed by atoms with Crippen LogP contribution in [-0.4, -0.2) is 16.1 Å². The highest BCUT2D eigenvalue weighted by molar-refractivity contribution is 6.02. The number of carbonyl (C=O) groups is 1. The first-order chi connectivity index (χ1) is 12.1. The Balaban J connectivity index is 1.68. The topological polar surface area (TPSA) is 90.7 Å². The van der Waals surface area contributed by atoms with Crippen molar-refractivity contribution in [1.29, 1.82) is 5.26 Å². The lowest BCUT2D eigenvalue weighted by Crippen LogP contribution is -2.14. The SMILES string of the molecule is Cc1ccc(Nc2ccc(C(=O)Nc3cccc(C#N)c3)nn2)cc1. The van der Waals surface area contributed by atoms with Gasteiger partial charge in [-0.15, -0.1) is 10.2 Å². The number of aryl methyl sites for hydroxylation is 1. The van der Waals surface area contributed by atoms with Crippen LogP contribution in [0.15, 0.2) is 60.7 Å². The number of carbonyl (C=O) groups excluding carboxylic acids is 1. The molecule has 0 aliphatic carbocycles. The summed E-state index contributed by atoms with van der Waals surface area (Å²) in [5.41, 5.74) is 3.26. The first kappa shape index (κ1) is 16.1. The summed E-state index contributed by atoms with van der Waals surface area (Å²) >= 11 is 0. The van der Waals surface area contributed by atoms with E-state index in [9.17, 15) is 4.79 Å². The second-order valence-corrected chi connectivity index (χ2v) is 5.44. The summed E-state index contributed by atoms with van der Waals surface area (Å²) in [7, 11) is 0. The highest BCUT2D eigenvalue weighted by Gasteiger charge is 2.09. The zero-order valence-corrected chi connectivity index (χ0v) is 13.5. The van der Waals surface area contributed by atoms with Gasteiger partial charge in [0.15, 0.2) is 11.5 Å². The van der Waals surface area contributed by atoms with E-state index >= 15 is 0 Å². The molecule has 0 atom stereocenters. The van der Waals surface area contributed by atoms with Crippen LogP contribution in [0.3, 0.4) is 0 Å². The normalized spacial score (nSPS) is 9.92. The highest BCUT2D eigenvalue weighted by Crippen LogP contribution is 2.15. The van der Waals surface area contributed by atoms with Crippen LogP contribution in [0.25, 0.3) is 0 Å². The number of amides is 1. The molecule has 0 fully saturated rings. The minimum absolute atomic E-state index is 0.191. The maximum atomic E-state index is 12.2. The van der Waals surface area contributed by atoms with E-state index in [1.54, 1.807) is 36.4 Å². The van der Waals surface area contributed by atoms with E-state index in [0.29, 0.717) is 17.1 Å². The molecule has 0 saturated heterocycles. The van der Waals surface area contributed by atoms with Crippen molar-refractivity contribution in [3.63, 3.8) is 0 Å². The van der Waals surface area contributed by atoms with Gasteiger partial charge in [0.2, 0.25) is 0 Å². The molecule has 2 N–H and O–H groups in total. The maximum Gasteiger partial charge on any atom is 0.276 e. The molecule has 1 aromatic heterocycles. The fourth-order valence-electron chi connectivity index (χ4n) is 2.17. The summed E-state index contributed by atoms with van der Waals surface area (Å²) in [4.78, 5) is 12.2. The molecular weight excluding hydrogens is 314 g/mol. The van der Waals surface area contributed by atoms with E-state index in [4.69, 9.17) is 5.26 Å².